The van der Waals surface area contributed by atoms with Crippen LogP contribution in [0.4, 0.5) is 10.1 Å². The number of halogens is 1. The molecule has 0 radical (unpaired) electrons. The molecule has 0 aliphatic heterocycles. The minimum absolute atomic E-state index is 0.118. The maximum Gasteiger partial charge on any atom is 0.274 e. The van der Waals surface area contributed by atoms with E-state index in [9.17, 15) is 9.18 Å². The van der Waals surface area contributed by atoms with Gasteiger partial charge in [0, 0.05) is 18.8 Å². The van der Waals surface area contributed by atoms with E-state index in [-0.39, 0.29) is 18.3 Å². The first-order chi connectivity index (χ1) is 11.0. The van der Waals surface area contributed by atoms with Crippen LogP contribution in [0.3, 0.4) is 0 Å². The molecule has 0 unspecified atom stereocenters. The quantitative estimate of drug-likeness (QED) is 0.731. The fraction of sp³-hybridized carbons (Fsp3) is 0.176. The fourth-order valence-electron chi connectivity index (χ4n) is 2.24. The van der Waals surface area contributed by atoms with E-state index in [1.165, 1.54) is 23.5 Å². The van der Waals surface area contributed by atoms with Crippen molar-refractivity contribution in [2.45, 2.75) is 6.92 Å². The lowest BCUT2D eigenvalue weighted by Crippen LogP contribution is -2.31. The van der Waals surface area contributed by atoms with Gasteiger partial charge < -0.3 is 9.64 Å². The average molecular weight is 330 g/mol. The molecule has 3 aromatic rings. The van der Waals surface area contributed by atoms with Crippen molar-refractivity contribution in [3.8, 4) is 5.19 Å². The van der Waals surface area contributed by atoms with E-state index in [2.05, 4.69) is 4.98 Å². The van der Waals surface area contributed by atoms with E-state index in [4.69, 9.17) is 4.74 Å². The number of hydrogen-bond donors (Lipinski definition) is 0. The molecule has 4 nitrogen and oxygen atoms in total. The molecule has 0 saturated heterocycles. The summed E-state index contributed by atoms with van der Waals surface area (Å²) in [5.41, 5.74) is 2.39. The van der Waals surface area contributed by atoms with Crippen molar-refractivity contribution in [1.29, 1.82) is 0 Å². The van der Waals surface area contributed by atoms with E-state index >= 15 is 0 Å². The van der Waals surface area contributed by atoms with Crippen LogP contribution < -0.4 is 9.64 Å². The maximum absolute atomic E-state index is 13.2. The second kappa shape index (κ2) is 6.34. The largest absolute Gasteiger partial charge is 0.460 e. The molecule has 1 heterocycles. The molecule has 1 aromatic heterocycles. The van der Waals surface area contributed by atoms with Gasteiger partial charge in [0.05, 0.1) is 10.2 Å². The lowest BCUT2D eigenvalue weighted by Gasteiger charge is -2.19. The van der Waals surface area contributed by atoms with Crippen molar-refractivity contribution in [2.75, 3.05) is 18.6 Å². The van der Waals surface area contributed by atoms with Gasteiger partial charge in [0.15, 0.2) is 6.61 Å². The Morgan fingerprint density at radius 1 is 1.30 bits per heavy atom. The Kier molecular flexibility index (Phi) is 4.25. The SMILES string of the molecule is Cc1ccccc1N(C)C(=O)COc1nc2cc(F)ccc2s1. The molecule has 0 aliphatic carbocycles. The molecule has 2 aromatic carbocycles. The minimum atomic E-state index is -0.343. The van der Waals surface area contributed by atoms with Gasteiger partial charge in [0.25, 0.3) is 11.1 Å². The van der Waals surface area contributed by atoms with Crippen LogP contribution in [0.2, 0.25) is 0 Å². The third-order valence-corrected chi connectivity index (χ3v) is 4.45. The molecule has 0 fully saturated rings. The normalized spacial score (nSPS) is 10.7. The highest BCUT2D eigenvalue weighted by atomic mass is 32.1. The Morgan fingerprint density at radius 2 is 2.09 bits per heavy atom. The number of ether oxygens (including phenoxy) is 1. The molecular formula is C17H15FN2O2S. The number of thiazole rings is 1. The summed E-state index contributed by atoms with van der Waals surface area (Å²) in [5.74, 6) is -0.519. The summed E-state index contributed by atoms with van der Waals surface area (Å²) in [6, 6.07) is 12.0. The lowest BCUT2D eigenvalue weighted by atomic mass is 10.2. The number of anilines is 1. The molecule has 0 bridgehead atoms. The predicted molar refractivity (Wildman–Crippen MR) is 89.7 cm³/mol. The number of aromatic nitrogens is 1. The van der Waals surface area contributed by atoms with Crippen molar-refractivity contribution in [2.24, 2.45) is 0 Å². The third-order valence-electron chi connectivity index (χ3n) is 3.50. The molecule has 0 atom stereocenters. The Hall–Kier alpha value is -2.47. The van der Waals surface area contributed by atoms with Gasteiger partial charge in [-0.1, -0.05) is 29.5 Å². The van der Waals surface area contributed by atoms with Gasteiger partial charge in [-0.2, -0.15) is 0 Å². The van der Waals surface area contributed by atoms with Crippen LogP contribution in [0, 0.1) is 12.7 Å². The number of likely N-dealkylation sites (N-methyl/N-ethyl adjacent to an activating group) is 1. The summed E-state index contributed by atoms with van der Waals surface area (Å²) in [5, 5.41) is 0.358. The number of carbonyl (C=O) groups excluding carboxylic acids is 1. The number of nitrogens with zero attached hydrogens (tertiary/aromatic N) is 2. The Morgan fingerprint density at radius 3 is 2.87 bits per heavy atom. The van der Waals surface area contributed by atoms with E-state index in [1.807, 2.05) is 31.2 Å². The Balaban J connectivity index is 1.69. The molecule has 0 N–H and O–H groups in total. The molecule has 0 spiro atoms. The van der Waals surface area contributed by atoms with Crippen molar-refractivity contribution in [1.82, 2.24) is 4.98 Å². The maximum atomic E-state index is 13.2. The molecule has 0 saturated carbocycles. The zero-order valence-electron chi connectivity index (χ0n) is 12.7. The van der Waals surface area contributed by atoms with E-state index in [1.54, 1.807) is 18.0 Å². The first-order valence-corrected chi connectivity index (χ1v) is 7.87. The summed E-state index contributed by atoms with van der Waals surface area (Å²) < 4.78 is 19.4. The smallest absolute Gasteiger partial charge is 0.274 e. The number of rotatable bonds is 4. The van der Waals surface area contributed by atoms with Gasteiger partial charge in [0.2, 0.25) is 0 Å². The van der Waals surface area contributed by atoms with Crippen molar-refractivity contribution in [3.63, 3.8) is 0 Å². The zero-order valence-corrected chi connectivity index (χ0v) is 13.6. The molecular weight excluding hydrogens is 315 g/mol. The molecule has 0 aliphatic rings. The highest BCUT2D eigenvalue weighted by Gasteiger charge is 2.14. The minimum Gasteiger partial charge on any atom is -0.460 e. The first-order valence-electron chi connectivity index (χ1n) is 7.05. The second-order valence-corrected chi connectivity index (χ2v) is 6.11. The highest BCUT2D eigenvalue weighted by molar-refractivity contribution is 7.20. The van der Waals surface area contributed by atoms with Crippen LogP contribution in [-0.2, 0) is 4.79 Å². The average Bonchev–Trinajstić information content (AvgIpc) is 2.94. The summed E-state index contributed by atoms with van der Waals surface area (Å²) in [6.45, 7) is 1.83. The van der Waals surface area contributed by atoms with Crippen LogP contribution in [-0.4, -0.2) is 24.5 Å². The standard InChI is InChI=1S/C17H15FN2O2S/c1-11-5-3-4-6-14(11)20(2)16(21)10-22-17-19-13-9-12(18)7-8-15(13)23-17/h3-9H,10H2,1-2H3. The number of fused-ring (bicyclic) bond motifs is 1. The molecule has 118 valence electrons. The number of benzene rings is 2. The van der Waals surface area contributed by atoms with Crippen LogP contribution >= 0.6 is 11.3 Å². The first kappa shape index (κ1) is 15.4. The predicted octanol–water partition coefficient (Wildman–Crippen LogP) is 3.79. The van der Waals surface area contributed by atoms with Crippen LogP contribution in [0.1, 0.15) is 5.56 Å². The van der Waals surface area contributed by atoms with Gasteiger partial charge in [-0.15, -0.1) is 0 Å². The molecule has 3 rings (SSSR count). The number of carbonyl (C=O) groups is 1. The second-order valence-electron chi connectivity index (χ2n) is 5.12. The van der Waals surface area contributed by atoms with Crippen LogP contribution in [0.5, 0.6) is 5.19 Å². The van der Waals surface area contributed by atoms with Crippen molar-refractivity contribution < 1.29 is 13.9 Å². The summed E-state index contributed by atoms with van der Waals surface area (Å²) in [7, 11) is 1.71. The van der Waals surface area contributed by atoms with E-state index in [0.717, 1.165) is 16.0 Å². The molecule has 6 heteroatoms. The summed E-state index contributed by atoms with van der Waals surface area (Å²) >= 11 is 1.29. The van der Waals surface area contributed by atoms with Crippen molar-refractivity contribution in [3.05, 3.63) is 53.8 Å². The van der Waals surface area contributed by atoms with Crippen LogP contribution in [0.25, 0.3) is 10.2 Å². The van der Waals surface area contributed by atoms with Gasteiger partial charge >= 0.3 is 0 Å². The summed E-state index contributed by atoms with van der Waals surface area (Å²) in [4.78, 5) is 18.0. The van der Waals surface area contributed by atoms with Gasteiger partial charge in [0.1, 0.15) is 5.82 Å². The fourth-order valence-corrected chi connectivity index (χ4v) is 3.03. The van der Waals surface area contributed by atoms with Crippen molar-refractivity contribution >= 4 is 33.1 Å². The number of para-hydroxylation sites is 1. The topological polar surface area (TPSA) is 42.4 Å². The van der Waals surface area contributed by atoms with Gasteiger partial charge in [-0.25, -0.2) is 9.37 Å². The zero-order chi connectivity index (χ0) is 16.4. The highest BCUT2D eigenvalue weighted by Crippen LogP contribution is 2.28. The number of amides is 1. The lowest BCUT2D eigenvalue weighted by molar-refractivity contribution is -0.120. The van der Waals surface area contributed by atoms with E-state index in [0.29, 0.717) is 10.7 Å². The molecule has 23 heavy (non-hydrogen) atoms. The van der Waals surface area contributed by atoms with Crippen LogP contribution in [0.15, 0.2) is 42.5 Å². The third kappa shape index (κ3) is 3.32. The Bertz CT molecular complexity index is 863. The number of aryl methyl sites for hydroxylation is 1. The van der Waals surface area contributed by atoms with Gasteiger partial charge in [-0.3, -0.25) is 4.79 Å². The van der Waals surface area contributed by atoms with E-state index < -0.39 is 0 Å². The summed E-state index contributed by atoms with van der Waals surface area (Å²) in [6.07, 6.45) is 0. The Labute approximate surface area is 137 Å². The molecule has 1 amide bonds. The monoisotopic (exact) mass is 330 g/mol. The van der Waals surface area contributed by atoms with Gasteiger partial charge in [-0.05, 0) is 30.7 Å². The number of hydrogen-bond acceptors (Lipinski definition) is 4.